The highest BCUT2D eigenvalue weighted by Gasteiger charge is 2.36. The summed E-state index contributed by atoms with van der Waals surface area (Å²) in [5.74, 6) is -1.49. The van der Waals surface area contributed by atoms with E-state index in [1.165, 1.54) is 6.07 Å². The van der Waals surface area contributed by atoms with Gasteiger partial charge in [0.2, 0.25) is 11.8 Å². The highest BCUT2D eigenvalue weighted by atomic mass is 19.2. The van der Waals surface area contributed by atoms with Crippen LogP contribution in [0.25, 0.3) is 11.0 Å². The van der Waals surface area contributed by atoms with Gasteiger partial charge in [0.25, 0.3) is 0 Å². The summed E-state index contributed by atoms with van der Waals surface area (Å²) in [5, 5.41) is 2.93. The Morgan fingerprint density at radius 2 is 1.85 bits per heavy atom. The van der Waals surface area contributed by atoms with Crippen LogP contribution in [-0.4, -0.2) is 60.1 Å². The number of carbonyl (C=O) groups is 2. The van der Waals surface area contributed by atoms with Gasteiger partial charge in [-0.25, -0.2) is 13.8 Å². The number of methoxy groups -OCH3 is 1. The van der Waals surface area contributed by atoms with Gasteiger partial charge in [0, 0.05) is 37.0 Å². The number of likely N-dealkylation sites (N-methyl/N-ethyl adjacent to an activating group) is 1. The number of halogens is 2. The Kier molecular flexibility index (Phi) is 7.95. The van der Waals surface area contributed by atoms with Crippen LogP contribution in [0.3, 0.4) is 0 Å². The van der Waals surface area contributed by atoms with E-state index < -0.39 is 17.7 Å². The van der Waals surface area contributed by atoms with Gasteiger partial charge in [-0.05, 0) is 83.0 Å². The minimum Gasteiger partial charge on any atom is -0.381 e. The smallest absolute Gasteiger partial charge is 0.238 e. The molecule has 208 valence electrons. The molecule has 1 aromatic heterocycles. The van der Waals surface area contributed by atoms with E-state index in [-0.39, 0.29) is 30.5 Å². The molecule has 1 aliphatic heterocycles. The number of benzene rings is 2. The van der Waals surface area contributed by atoms with Gasteiger partial charge in [0.05, 0.1) is 29.7 Å². The molecular formula is C29H35F2N5O3. The Balaban J connectivity index is 1.58. The Hall–Kier alpha value is -3.37. The van der Waals surface area contributed by atoms with E-state index in [0.29, 0.717) is 36.2 Å². The highest BCUT2D eigenvalue weighted by molar-refractivity contribution is 5.96. The molecule has 8 nitrogen and oxygen atoms in total. The Morgan fingerprint density at radius 1 is 1.08 bits per heavy atom. The zero-order valence-electron chi connectivity index (χ0n) is 22.6. The zero-order chi connectivity index (χ0) is 27.7. The summed E-state index contributed by atoms with van der Waals surface area (Å²) in [5.41, 5.74) is 2.59. The average molecular weight is 540 g/mol. The molecule has 2 heterocycles. The molecule has 2 fully saturated rings. The van der Waals surface area contributed by atoms with E-state index in [1.54, 1.807) is 16.9 Å². The molecule has 2 aliphatic rings. The van der Waals surface area contributed by atoms with Gasteiger partial charge in [-0.15, -0.1) is 0 Å². The van der Waals surface area contributed by atoms with Crippen LogP contribution < -0.4 is 10.2 Å². The van der Waals surface area contributed by atoms with Gasteiger partial charge >= 0.3 is 0 Å². The fourth-order valence-electron chi connectivity index (χ4n) is 5.91. The summed E-state index contributed by atoms with van der Waals surface area (Å²) in [7, 11) is 5.40. The molecule has 10 heteroatoms. The lowest BCUT2D eigenvalue weighted by Crippen LogP contribution is -2.40. The van der Waals surface area contributed by atoms with Crippen molar-refractivity contribution in [3.8, 4) is 0 Å². The van der Waals surface area contributed by atoms with E-state index in [2.05, 4.69) is 9.88 Å². The monoisotopic (exact) mass is 539 g/mol. The molecule has 1 aliphatic carbocycles. The summed E-state index contributed by atoms with van der Waals surface area (Å²) in [4.78, 5) is 34.0. The van der Waals surface area contributed by atoms with E-state index >= 15 is 0 Å². The molecule has 0 spiro atoms. The number of anilines is 2. The molecule has 2 aromatic carbocycles. The molecule has 1 saturated heterocycles. The van der Waals surface area contributed by atoms with Crippen molar-refractivity contribution in [1.29, 1.82) is 0 Å². The zero-order valence-corrected chi connectivity index (χ0v) is 22.6. The molecule has 0 bridgehead atoms. The summed E-state index contributed by atoms with van der Waals surface area (Å²) in [6.45, 7) is 0.258. The lowest BCUT2D eigenvalue weighted by Gasteiger charge is -2.37. The van der Waals surface area contributed by atoms with Crippen molar-refractivity contribution in [3.63, 3.8) is 0 Å². The Bertz CT molecular complexity index is 1370. The summed E-state index contributed by atoms with van der Waals surface area (Å²) >= 11 is 0. The number of piperidine rings is 1. The second-order valence-electron chi connectivity index (χ2n) is 10.8. The lowest BCUT2D eigenvalue weighted by atomic mass is 9.92. The molecule has 0 radical (unpaired) electrons. The van der Waals surface area contributed by atoms with Crippen molar-refractivity contribution in [3.05, 3.63) is 53.9 Å². The lowest BCUT2D eigenvalue weighted by molar-refractivity contribution is -0.120. The molecule has 1 saturated carbocycles. The second kappa shape index (κ2) is 11.4. The maximum Gasteiger partial charge on any atom is 0.238 e. The van der Waals surface area contributed by atoms with Gasteiger partial charge < -0.3 is 24.4 Å². The van der Waals surface area contributed by atoms with Crippen molar-refractivity contribution in [2.24, 2.45) is 0 Å². The van der Waals surface area contributed by atoms with Crippen molar-refractivity contribution in [2.45, 2.75) is 63.1 Å². The van der Waals surface area contributed by atoms with Gasteiger partial charge in [-0.1, -0.05) is 0 Å². The normalized spacial score (nSPS) is 22.1. The first-order valence-corrected chi connectivity index (χ1v) is 13.5. The number of imidazole rings is 1. The van der Waals surface area contributed by atoms with Crippen LogP contribution in [0.1, 0.15) is 62.9 Å². The van der Waals surface area contributed by atoms with E-state index in [0.717, 1.165) is 49.2 Å². The van der Waals surface area contributed by atoms with Crippen LogP contribution in [0.4, 0.5) is 20.2 Å². The van der Waals surface area contributed by atoms with E-state index in [1.807, 2.05) is 32.3 Å². The third kappa shape index (κ3) is 5.67. The van der Waals surface area contributed by atoms with Crippen LogP contribution >= 0.6 is 0 Å². The van der Waals surface area contributed by atoms with Gasteiger partial charge in [0.1, 0.15) is 5.82 Å². The minimum atomic E-state index is -0.992. The topological polar surface area (TPSA) is 79.7 Å². The molecule has 1 atom stereocenters. The highest BCUT2D eigenvalue weighted by Crippen LogP contribution is 2.41. The number of hydrogen-bond donors (Lipinski definition) is 1. The predicted molar refractivity (Wildman–Crippen MR) is 146 cm³/mol. The number of rotatable bonds is 7. The number of ether oxygens (including phenoxy) is 1. The van der Waals surface area contributed by atoms with Crippen LogP contribution in [0, 0.1) is 11.6 Å². The Labute approximate surface area is 226 Å². The average Bonchev–Trinajstić information content (AvgIpc) is 3.28. The van der Waals surface area contributed by atoms with Crippen molar-refractivity contribution in [2.75, 3.05) is 38.0 Å². The summed E-state index contributed by atoms with van der Waals surface area (Å²) < 4.78 is 35.8. The predicted octanol–water partition coefficient (Wildman–Crippen LogP) is 5.20. The maximum absolute atomic E-state index is 14.2. The van der Waals surface area contributed by atoms with Crippen LogP contribution in [0.5, 0.6) is 0 Å². The number of nitrogens with zero attached hydrogens (tertiary/aromatic N) is 4. The van der Waals surface area contributed by atoms with Crippen LogP contribution in [0.15, 0.2) is 36.4 Å². The molecule has 1 N–H and O–H groups in total. The second-order valence-corrected chi connectivity index (χ2v) is 10.8. The summed E-state index contributed by atoms with van der Waals surface area (Å²) in [6.07, 6.45) is 5.48. The number of hydrogen-bond acceptors (Lipinski definition) is 5. The number of amides is 2. The third-order valence-electron chi connectivity index (χ3n) is 7.73. The number of fused-ring (bicyclic) bond motifs is 1. The SMILES string of the molecule is COC1CCC(n2c(C3CCCC(=O)N3c3ccc(F)c(F)c3)nc3cc(NC(=O)CN(C)C)ccc32)CC1. The van der Waals surface area contributed by atoms with Crippen molar-refractivity contribution < 1.29 is 23.1 Å². The first-order valence-electron chi connectivity index (χ1n) is 13.5. The third-order valence-corrected chi connectivity index (χ3v) is 7.73. The van der Waals surface area contributed by atoms with Crippen LogP contribution in [-0.2, 0) is 14.3 Å². The van der Waals surface area contributed by atoms with Crippen LogP contribution in [0.2, 0.25) is 0 Å². The standard InChI is InChI=1S/C29H35F2N5O3/c1-34(2)17-27(37)32-18-7-14-25-24(15-18)33-29(36(25)19-8-11-21(39-3)12-9-19)26-5-4-6-28(38)35(26)20-10-13-22(30)23(31)16-20/h7,10,13-16,19,21,26H,4-6,8-9,11-12,17H2,1-3H3,(H,32,37). The molecule has 5 rings (SSSR count). The minimum absolute atomic E-state index is 0.126. The number of carbonyl (C=O) groups excluding carboxylic acids is 2. The molecule has 39 heavy (non-hydrogen) atoms. The molecular weight excluding hydrogens is 504 g/mol. The van der Waals surface area contributed by atoms with Gasteiger partial charge in [-0.3, -0.25) is 9.59 Å². The first-order chi connectivity index (χ1) is 18.7. The molecule has 2 amide bonds. The Morgan fingerprint density at radius 3 is 2.54 bits per heavy atom. The largest absolute Gasteiger partial charge is 0.381 e. The number of nitrogens with one attached hydrogen (secondary N) is 1. The van der Waals surface area contributed by atoms with Gasteiger partial charge in [0.15, 0.2) is 11.6 Å². The fourth-order valence-corrected chi connectivity index (χ4v) is 5.91. The quantitative estimate of drug-likeness (QED) is 0.446. The van der Waals surface area contributed by atoms with Crippen molar-refractivity contribution >= 4 is 34.2 Å². The molecule has 3 aromatic rings. The van der Waals surface area contributed by atoms with E-state index in [9.17, 15) is 18.4 Å². The summed E-state index contributed by atoms with van der Waals surface area (Å²) in [6, 6.07) is 9.00. The molecule has 1 unspecified atom stereocenters. The first kappa shape index (κ1) is 27.2. The van der Waals surface area contributed by atoms with Crippen molar-refractivity contribution in [1.82, 2.24) is 14.5 Å². The van der Waals surface area contributed by atoms with Gasteiger partial charge in [-0.2, -0.15) is 0 Å². The number of aromatic nitrogens is 2. The van der Waals surface area contributed by atoms with E-state index in [4.69, 9.17) is 9.72 Å². The maximum atomic E-state index is 14.2. The fraction of sp³-hybridized carbons (Fsp3) is 0.483.